The van der Waals surface area contributed by atoms with Crippen LogP contribution in [0.4, 0.5) is 5.69 Å². The van der Waals surface area contributed by atoms with E-state index in [2.05, 4.69) is 20.6 Å². The van der Waals surface area contributed by atoms with Gasteiger partial charge in [0.05, 0.1) is 11.9 Å². The van der Waals surface area contributed by atoms with Crippen LogP contribution >= 0.6 is 0 Å². The number of hydrogen-bond acceptors (Lipinski definition) is 4. The summed E-state index contributed by atoms with van der Waals surface area (Å²) in [4.78, 5) is 19.9. The second-order valence-electron chi connectivity index (χ2n) is 4.00. The third kappa shape index (κ3) is 3.77. The average Bonchev–Trinajstić information content (AvgIpc) is 2.47. The van der Waals surface area contributed by atoms with Gasteiger partial charge in [0.2, 0.25) is 0 Å². The average molecular weight is 256 g/mol. The second kappa shape index (κ2) is 6.49. The van der Waals surface area contributed by atoms with Crippen molar-refractivity contribution < 1.29 is 4.79 Å². The maximum atomic E-state index is 11.9. The van der Waals surface area contributed by atoms with Crippen molar-refractivity contribution in [2.75, 3.05) is 11.9 Å². The monoisotopic (exact) mass is 256 g/mol. The van der Waals surface area contributed by atoms with E-state index in [0.29, 0.717) is 12.2 Å². The molecule has 5 heteroatoms. The Morgan fingerprint density at radius 1 is 1.21 bits per heavy atom. The number of hydrogen-bond donors (Lipinski definition) is 2. The molecule has 0 aromatic carbocycles. The van der Waals surface area contributed by atoms with Gasteiger partial charge in [-0.25, -0.2) is 4.98 Å². The molecule has 2 rings (SSSR count). The van der Waals surface area contributed by atoms with Gasteiger partial charge in [-0.3, -0.25) is 9.78 Å². The first-order chi connectivity index (χ1) is 9.29. The van der Waals surface area contributed by atoms with E-state index in [1.54, 1.807) is 24.7 Å². The van der Waals surface area contributed by atoms with Crippen LogP contribution in [0.15, 0.2) is 42.9 Å². The summed E-state index contributed by atoms with van der Waals surface area (Å²) < 4.78 is 0. The highest BCUT2D eigenvalue weighted by atomic mass is 16.1. The fraction of sp³-hybridized carbons (Fsp3) is 0.214. The summed E-state index contributed by atoms with van der Waals surface area (Å²) >= 11 is 0. The second-order valence-corrected chi connectivity index (χ2v) is 4.00. The molecule has 98 valence electrons. The topological polar surface area (TPSA) is 66.9 Å². The van der Waals surface area contributed by atoms with Crippen molar-refractivity contribution in [1.82, 2.24) is 15.3 Å². The van der Waals surface area contributed by atoms with Gasteiger partial charge in [-0.15, -0.1) is 0 Å². The van der Waals surface area contributed by atoms with Gasteiger partial charge in [0.25, 0.3) is 5.91 Å². The van der Waals surface area contributed by atoms with Crippen molar-refractivity contribution in [3.8, 4) is 0 Å². The van der Waals surface area contributed by atoms with E-state index in [1.807, 2.05) is 25.1 Å². The summed E-state index contributed by atoms with van der Waals surface area (Å²) in [6.45, 7) is 3.31. The van der Waals surface area contributed by atoms with Gasteiger partial charge in [-0.1, -0.05) is 0 Å². The number of anilines is 1. The zero-order chi connectivity index (χ0) is 13.5. The molecule has 0 fully saturated rings. The van der Waals surface area contributed by atoms with Gasteiger partial charge in [0, 0.05) is 25.5 Å². The largest absolute Gasteiger partial charge is 0.384 e. The minimum atomic E-state index is -0.181. The van der Waals surface area contributed by atoms with Gasteiger partial charge >= 0.3 is 0 Å². The Hall–Kier alpha value is -2.43. The third-order valence-corrected chi connectivity index (χ3v) is 2.58. The van der Waals surface area contributed by atoms with Gasteiger partial charge in [-0.05, 0) is 36.8 Å². The first kappa shape index (κ1) is 13.0. The standard InChI is InChI=1S/C14H16N4O/c1-2-16-12-3-4-13(17-10-12)14(19)18-9-11-5-7-15-8-6-11/h3-8,10,16H,2,9H2,1H3,(H,18,19). The van der Waals surface area contributed by atoms with Crippen LogP contribution < -0.4 is 10.6 Å². The number of carbonyl (C=O) groups is 1. The Morgan fingerprint density at radius 3 is 2.63 bits per heavy atom. The van der Waals surface area contributed by atoms with Crippen LogP contribution in [0.5, 0.6) is 0 Å². The molecule has 0 aliphatic heterocycles. The van der Waals surface area contributed by atoms with Gasteiger partial charge in [0.15, 0.2) is 0 Å². The summed E-state index contributed by atoms with van der Waals surface area (Å²) in [5.41, 5.74) is 2.33. The maximum absolute atomic E-state index is 11.9. The molecule has 2 aromatic rings. The number of aromatic nitrogens is 2. The van der Waals surface area contributed by atoms with Crippen LogP contribution in [0.2, 0.25) is 0 Å². The minimum absolute atomic E-state index is 0.181. The lowest BCUT2D eigenvalue weighted by atomic mass is 10.2. The zero-order valence-corrected chi connectivity index (χ0v) is 10.8. The van der Waals surface area contributed by atoms with Crippen LogP contribution in [-0.4, -0.2) is 22.4 Å². The molecule has 0 unspecified atom stereocenters. The van der Waals surface area contributed by atoms with Crippen LogP contribution in [-0.2, 0) is 6.54 Å². The van der Waals surface area contributed by atoms with Crippen molar-refractivity contribution in [3.63, 3.8) is 0 Å². The highest BCUT2D eigenvalue weighted by Crippen LogP contribution is 2.05. The molecule has 5 nitrogen and oxygen atoms in total. The number of nitrogens with one attached hydrogen (secondary N) is 2. The lowest BCUT2D eigenvalue weighted by molar-refractivity contribution is 0.0946. The summed E-state index contributed by atoms with van der Waals surface area (Å²) in [5.74, 6) is -0.181. The van der Waals surface area contributed by atoms with Crippen molar-refractivity contribution in [2.45, 2.75) is 13.5 Å². The molecule has 2 N–H and O–H groups in total. The van der Waals surface area contributed by atoms with Crippen molar-refractivity contribution >= 4 is 11.6 Å². The molecule has 0 spiro atoms. The van der Waals surface area contributed by atoms with Gasteiger partial charge < -0.3 is 10.6 Å². The number of carbonyl (C=O) groups excluding carboxylic acids is 1. The Labute approximate surface area is 112 Å². The molecule has 0 saturated carbocycles. The fourth-order valence-electron chi connectivity index (χ4n) is 1.61. The molecule has 0 saturated heterocycles. The maximum Gasteiger partial charge on any atom is 0.270 e. The molecular formula is C14H16N4O. The van der Waals surface area contributed by atoms with Crippen molar-refractivity contribution in [3.05, 3.63) is 54.1 Å². The molecule has 0 aliphatic rings. The predicted molar refractivity (Wildman–Crippen MR) is 73.8 cm³/mol. The van der Waals surface area contributed by atoms with Crippen LogP contribution in [0, 0.1) is 0 Å². The zero-order valence-electron chi connectivity index (χ0n) is 10.8. The van der Waals surface area contributed by atoms with E-state index in [4.69, 9.17) is 0 Å². The van der Waals surface area contributed by atoms with Crippen LogP contribution in [0.3, 0.4) is 0 Å². The lowest BCUT2D eigenvalue weighted by Gasteiger charge is -2.06. The van der Waals surface area contributed by atoms with Crippen LogP contribution in [0.25, 0.3) is 0 Å². The van der Waals surface area contributed by atoms with E-state index >= 15 is 0 Å². The van der Waals surface area contributed by atoms with Crippen molar-refractivity contribution in [2.24, 2.45) is 0 Å². The Kier molecular flexibility index (Phi) is 4.44. The van der Waals surface area contributed by atoms with E-state index in [1.165, 1.54) is 0 Å². The lowest BCUT2D eigenvalue weighted by Crippen LogP contribution is -2.23. The van der Waals surface area contributed by atoms with Gasteiger partial charge in [0.1, 0.15) is 5.69 Å². The minimum Gasteiger partial charge on any atom is -0.384 e. The smallest absolute Gasteiger partial charge is 0.270 e. The fourth-order valence-corrected chi connectivity index (χ4v) is 1.61. The Bertz CT molecular complexity index is 525. The first-order valence-corrected chi connectivity index (χ1v) is 6.16. The third-order valence-electron chi connectivity index (χ3n) is 2.58. The summed E-state index contributed by atoms with van der Waals surface area (Å²) in [7, 11) is 0. The number of pyridine rings is 2. The van der Waals surface area contributed by atoms with Gasteiger partial charge in [-0.2, -0.15) is 0 Å². The molecule has 0 aliphatic carbocycles. The van der Waals surface area contributed by atoms with E-state index in [-0.39, 0.29) is 5.91 Å². The Balaban J connectivity index is 1.92. The summed E-state index contributed by atoms with van der Waals surface area (Å²) in [6.07, 6.45) is 5.06. The van der Waals surface area contributed by atoms with Crippen LogP contribution in [0.1, 0.15) is 23.0 Å². The molecule has 19 heavy (non-hydrogen) atoms. The molecule has 1 amide bonds. The van der Waals surface area contributed by atoms with E-state index in [0.717, 1.165) is 17.8 Å². The molecular weight excluding hydrogens is 240 g/mol. The van der Waals surface area contributed by atoms with Crippen molar-refractivity contribution in [1.29, 1.82) is 0 Å². The molecule has 0 atom stereocenters. The van der Waals surface area contributed by atoms with E-state index in [9.17, 15) is 4.79 Å². The molecule has 0 radical (unpaired) electrons. The predicted octanol–water partition coefficient (Wildman–Crippen LogP) is 1.84. The molecule has 2 aromatic heterocycles. The number of amides is 1. The highest BCUT2D eigenvalue weighted by Gasteiger charge is 2.06. The molecule has 0 bridgehead atoms. The van der Waals surface area contributed by atoms with E-state index < -0.39 is 0 Å². The number of rotatable bonds is 5. The number of nitrogens with zero attached hydrogens (tertiary/aromatic N) is 2. The summed E-state index contributed by atoms with van der Waals surface area (Å²) in [6, 6.07) is 7.28. The first-order valence-electron chi connectivity index (χ1n) is 6.16. The SMILES string of the molecule is CCNc1ccc(C(=O)NCc2ccncc2)nc1. The highest BCUT2D eigenvalue weighted by molar-refractivity contribution is 5.92. The summed E-state index contributed by atoms with van der Waals surface area (Å²) in [5, 5.41) is 5.95. The normalized spacial score (nSPS) is 9.95. The Morgan fingerprint density at radius 2 is 2.00 bits per heavy atom. The molecule has 2 heterocycles. The quantitative estimate of drug-likeness (QED) is 0.856.